The van der Waals surface area contributed by atoms with Crippen LogP contribution in [0.25, 0.3) is 0 Å². The Morgan fingerprint density at radius 3 is 2.74 bits per heavy atom. The molecule has 0 spiro atoms. The molecular formula is C22H23FN2O5S. The van der Waals surface area contributed by atoms with E-state index in [2.05, 4.69) is 11.3 Å². The van der Waals surface area contributed by atoms with E-state index < -0.39 is 20.7 Å². The molecule has 2 aliphatic rings. The van der Waals surface area contributed by atoms with Crippen LogP contribution in [0.3, 0.4) is 0 Å². The quantitative estimate of drug-likeness (QED) is 0.690. The molecule has 31 heavy (non-hydrogen) atoms. The largest absolute Gasteiger partial charge is 0.486 e. The van der Waals surface area contributed by atoms with Crippen LogP contribution in [0, 0.1) is 5.82 Å². The number of benzene rings is 2. The van der Waals surface area contributed by atoms with Crippen molar-refractivity contribution in [2.24, 2.45) is 0 Å². The summed E-state index contributed by atoms with van der Waals surface area (Å²) in [6.45, 7) is 4.89. The molecule has 1 atom stereocenters. The highest BCUT2D eigenvalue weighted by Crippen LogP contribution is 2.38. The summed E-state index contributed by atoms with van der Waals surface area (Å²) >= 11 is 0. The van der Waals surface area contributed by atoms with Gasteiger partial charge in [0.25, 0.3) is 5.91 Å². The van der Waals surface area contributed by atoms with Gasteiger partial charge in [0.05, 0.1) is 6.04 Å². The fraction of sp³-hybridized carbons (Fsp3) is 0.318. The fourth-order valence-electron chi connectivity index (χ4n) is 3.88. The third-order valence-corrected chi connectivity index (χ3v) is 6.79. The van der Waals surface area contributed by atoms with Gasteiger partial charge in [0.1, 0.15) is 23.9 Å². The summed E-state index contributed by atoms with van der Waals surface area (Å²) in [7, 11) is -4.11. The number of likely N-dealkylation sites (tertiary alicyclic amines) is 1. The fourth-order valence-corrected chi connectivity index (χ4v) is 4.98. The molecule has 4 rings (SSSR count). The zero-order valence-electron chi connectivity index (χ0n) is 16.8. The molecule has 7 nitrogen and oxygen atoms in total. The molecule has 0 aliphatic carbocycles. The number of fused-ring (bicyclic) bond motifs is 1. The summed E-state index contributed by atoms with van der Waals surface area (Å²) in [5.41, 5.74) is 1.03. The van der Waals surface area contributed by atoms with Crippen LogP contribution in [0.2, 0.25) is 0 Å². The van der Waals surface area contributed by atoms with Gasteiger partial charge in [-0.3, -0.25) is 4.79 Å². The minimum absolute atomic E-state index is 0.0434. The maximum atomic E-state index is 14.2. The van der Waals surface area contributed by atoms with E-state index >= 15 is 0 Å². The molecular weight excluding hydrogens is 423 g/mol. The molecule has 1 fully saturated rings. The first-order chi connectivity index (χ1) is 14.9. The molecule has 2 aromatic rings. The van der Waals surface area contributed by atoms with Gasteiger partial charge < -0.3 is 14.4 Å². The van der Waals surface area contributed by atoms with Gasteiger partial charge in [-0.05, 0) is 48.7 Å². The zero-order chi connectivity index (χ0) is 22.0. The number of rotatable bonds is 6. The smallest absolute Gasteiger partial charge is 0.254 e. The monoisotopic (exact) mass is 446 g/mol. The van der Waals surface area contributed by atoms with E-state index in [-0.39, 0.29) is 24.1 Å². The van der Waals surface area contributed by atoms with Crippen LogP contribution in [0.1, 0.15) is 34.8 Å². The lowest BCUT2D eigenvalue weighted by molar-refractivity contribution is 0.0734. The maximum Gasteiger partial charge on any atom is 0.254 e. The van der Waals surface area contributed by atoms with Crippen molar-refractivity contribution in [3.63, 3.8) is 0 Å². The molecule has 1 amide bonds. The van der Waals surface area contributed by atoms with Crippen molar-refractivity contribution in [2.45, 2.75) is 23.8 Å². The van der Waals surface area contributed by atoms with Crippen molar-refractivity contribution in [2.75, 3.05) is 26.3 Å². The minimum Gasteiger partial charge on any atom is -0.486 e. The highest BCUT2D eigenvalue weighted by molar-refractivity contribution is 7.89. The first-order valence-corrected chi connectivity index (χ1v) is 11.5. The zero-order valence-corrected chi connectivity index (χ0v) is 17.7. The molecule has 9 heteroatoms. The van der Waals surface area contributed by atoms with E-state index in [9.17, 15) is 17.6 Å². The second-order valence-corrected chi connectivity index (χ2v) is 9.08. The second-order valence-electron chi connectivity index (χ2n) is 7.35. The molecule has 2 aromatic carbocycles. The van der Waals surface area contributed by atoms with Crippen molar-refractivity contribution in [1.82, 2.24) is 9.62 Å². The molecule has 2 aliphatic heterocycles. The first kappa shape index (κ1) is 21.3. The molecule has 0 saturated carbocycles. The summed E-state index contributed by atoms with van der Waals surface area (Å²) < 4.78 is 52.4. The highest BCUT2D eigenvalue weighted by Gasteiger charge is 2.32. The number of nitrogens with one attached hydrogen (secondary N) is 1. The number of sulfonamides is 1. The van der Waals surface area contributed by atoms with E-state index in [0.717, 1.165) is 30.5 Å². The van der Waals surface area contributed by atoms with Gasteiger partial charge in [0, 0.05) is 18.7 Å². The Hall–Kier alpha value is -2.91. The SMILES string of the molecule is C=CCNS(=O)(=O)c1cc(C(=O)N2CCCC2c2ccc3c(c2)OCCO3)ccc1F. The average molecular weight is 447 g/mol. The van der Waals surface area contributed by atoms with Gasteiger partial charge in [-0.15, -0.1) is 6.58 Å². The third-order valence-electron chi connectivity index (χ3n) is 5.35. The van der Waals surface area contributed by atoms with Gasteiger partial charge >= 0.3 is 0 Å². The van der Waals surface area contributed by atoms with Crippen LogP contribution >= 0.6 is 0 Å². The van der Waals surface area contributed by atoms with Gasteiger partial charge in [0.15, 0.2) is 11.5 Å². The van der Waals surface area contributed by atoms with Gasteiger partial charge in [0.2, 0.25) is 10.0 Å². The maximum absolute atomic E-state index is 14.2. The predicted octanol–water partition coefficient (Wildman–Crippen LogP) is 3.04. The number of ether oxygens (including phenoxy) is 2. The Morgan fingerprint density at radius 1 is 1.19 bits per heavy atom. The normalized spacial score (nSPS) is 18.1. The molecule has 0 aromatic heterocycles. The van der Waals surface area contributed by atoms with Crippen molar-refractivity contribution >= 4 is 15.9 Å². The average Bonchev–Trinajstić information content (AvgIpc) is 3.27. The molecule has 2 heterocycles. The van der Waals surface area contributed by atoms with Gasteiger partial charge in [-0.2, -0.15) is 0 Å². The van der Waals surface area contributed by atoms with E-state index in [4.69, 9.17) is 9.47 Å². The van der Waals surface area contributed by atoms with Crippen molar-refractivity contribution < 1.29 is 27.1 Å². The number of hydrogen-bond donors (Lipinski definition) is 1. The van der Waals surface area contributed by atoms with Crippen LogP contribution in [0.4, 0.5) is 4.39 Å². The Morgan fingerprint density at radius 2 is 1.97 bits per heavy atom. The van der Waals surface area contributed by atoms with E-state index in [1.54, 1.807) is 4.90 Å². The molecule has 0 bridgehead atoms. The lowest BCUT2D eigenvalue weighted by Crippen LogP contribution is -2.31. The van der Waals surface area contributed by atoms with Gasteiger partial charge in [-0.1, -0.05) is 12.1 Å². The Balaban J connectivity index is 1.62. The van der Waals surface area contributed by atoms with Crippen LogP contribution < -0.4 is 14.2 Å². The van der Waals surface area contributed by atoms with Crippen molar-refractivity contribution in [1.29, 1.82) is 0 Å². The molecule has 1 saturated heterocycles. The lowest BCUT2D eigenvalue weighted by Gasteiger charge is -2.27. The molecule has 1 unspecified atom stereocenters. The summed E-state index contributed by atoms with van der Waals surface area (Å²) in [5, 5.41) is 0. The summed E-state index contributed by atoms with van der Waals surface area (Å²) in [6, 6.07) is 8.83. The molecule has 1 N–H and O–H groups in total. The minimum atomic E-state index is -4.11. The number of carbonyl (C=O) groups is 1. The Kier molecular flexibility index (Phi) is 5.97. The van der Waals surface area contributed by atoms with Crippen LogP contribution in [-0.2, 0) is 10.0 Å². The highest BCUT2D eigenvalue weighted by atomic mass is 32.2. The topological polar surface area (TPSA) is 84.9 Å². The van der Waals surface area contributed by atoms with Gasteiger partial charge in [-0.25, -0.2) is 17.5 Å². The van der Waals surface area contributed by atoms with Crippen LogP contribution in [0.5, 0.6) is 11.5 Å². The van der Waals surface area contributed by atoms with E-state index in [1.807, 2.05) is 18.2 Å². The number of carbonyl (C=O) groups excluding carboxylic acids is 1. The summed E-state index contributed by atoms with van der Waals surface area (Å²) in [4.78, 5) is 14.4. The van der Waals surface area contributed by atoms with Crippen molar-refractivity contribution in [3.8, 4) is 11.5 Å². The summed E-state index contributed by atoms with van der Waals surface area (Å²) in [6.07, 6.45) is 2.92. The number of nitrogens with zero attached hydrogens (tertiary/aromatic N) is 1. The third kappa shape index (κ3) is 4.28. The van der Waals surface area contributed by atoms with Crippen LogP contribution in [0.15, 0.2) is 53.9 Å². The van der Waals surface area contributed by atoms with E-state index in [0.29, 0.717) is 31.3 Å². The lowest BCUT2D eigenvalue weighted by atomic mass is 10.0. The summed E-state index contributed by atoms with van der Waals surface area (Å²) in [5.74, 6) is 0.0493. The molecule has 0 radical (unpaired) electrons. The number of amides is 1. The Bertz CT molecular complexity index is 1120. The van der Waals surface area contributed by atoms with E-state index in [1.165, 1.54) is 12.1 Å². The Labute approximate surface area is 180 Å². The van der Waals surface area contributed by atoms with Crippen LogP contribution in [-0.4, -0.2) is 45.5 Å². The number of hydrogen-bond acceptors (Lipinski definition) is 5. The standard InChI is InChI=1S/C22H23FN2O5S/c1-2-9-24-31(27,28)21-14-16(5-7-17(21)23)22(26)25-10-3-4-18(25)15-6-8-19-20(13-15)30-12-11-29-19/h2,5-8,13-14,18,24H,1,3-4,9-12H2. The predicted molar refractivity (Wildman–Crippen MR) is 112 cm³/mol. The first-order valence-electron chi connectivity index (χ1n) is 10.0. The molecule has 164 valence electrons. The van der Waals surface area contributed by atoms with Crippen molar-refractivity contribution in [3.05, 3.63) is 66.0 Å². The number of halogens is 1. The second kappa shape index (κ2) is 8.68.